The molecule has 1 amide bonds. The van der Waals surface area contributed by atoms with Crippen molar-refractivity contribution in [2.45, 2.75) is 6.92 Å². The molecule has 1 N–H and O–H groups in total. The van der Waals surface area contributed by atoms with Crippen molar-refractivity contribution < 1.29 is 9.72 Å². The SMILES string of the molecule is Cc1ccccc1NC(=O)/C(C#N)=C/c1cccn1-c1ccc([N+](=O)[O-])cc1. The number of nitro benzene ring substituents is 1. The minimum absolute atomic E-state index is 0.0108. The van der Waals surface area contributed by atoms with Crippen LogP contribution in [0.5, 0.6) is 0 Å². The van der Waals surface area contributed by atoms with Gasteiger partial charge in [0.1, 0.15) is 11.6 Å². The smallest absolute Gasteiger partial charge is 0.269 e. The molecule has 3 aromatic rings. The van der Waals surface area contributed by atoms with Crippen molar-refractivity contribution in [3.05, 3.63) is 93.8 Å². The third-order valence-corrected chi connectivity index (χ3v) is 4.17. The molecule has 0 saturated heterocycles. The monoisotopic (exact) mass is 372 g/mol. The molecule has 0 spiro atoms. The summed E-state index contributed by atoms with van der Waals surface area (Å²) < 4.78 is 1.74. The summed E-state index contributed by atoms with van der Waals surface area (Å²) in [5.74, 6) is -0.506. The van der Waals surface area contributed by atoms with E-state index < -0.39 is 10.8 Å². The third kappa shape index (κ3) is 3.97. The van der Waals surface area contributed by atoms with Crippen LogP contribution < -0.4 is 5.32 Å². The Balaban J connectivity index is 1.89. The zero-order valence-corrected chi connectivity index (χ0v) is 15.0. The maximum Gasteiger partial charge on any atom is 0.269 e. The van der Waals surface area contributed by atoms with Gasteiger partial charge in [0.05, 0.1) is 4.92 Å². The van der Waals surface area contributed by atoms with Crippen LogP contribution in [-0.2, 0) is 4.79 Å². The Morgan fingerprint density at radius 1 is 1.14 bits per heavy atom. The Labute approximate surface area is 161 Å². The second-order valence-corrected chi connectivity index (χ2v) is 6.02. The molecule has 7 nitrogen and oxygen atoms in total. The molecule has 0 saturated carbocycles. The van der Waals surface area contributed by atoms with E-state index in [-0.39, 0.29) is 11.3 Å². The molecule has 1 aromatic heterocycles. The van der Waals surface area contributed by atoms with Crippen LogP contribution in [0.15, 0.2) is 72.4 Å². The fraction of sp³-hybridized carbons (Fsp3) is 0.0476. The third-order valence-electron chi connectivity index (χ3n) is 4.17. The van der Waals surface area contributed by atoms with E-state index in [0.717, 1.165) is 5.56 Å². The predicted molar refractivity (Wildman–Crippen MR) is 106 cm³/mol. The highest BCUT2D eigenvalue weighted by Gasteiger charge is 2.13. The predicted octanol–water partition coefficient (Wildman–Crippen LogP) is 4.24. The lowest BCUT2D eigenvalue weighted by Crippen LogP contribution is -2.14. The minimum atomic E-state index is -0.506. The second kappa shape index (κ2) is 8.01. The topological polar surface area (TPSA) is 101 Å². The number of nitrogens with zero attached hydrogens (tertiary/aromatic N) is 3. The van der Waals surface area contributed by atoms with Gasteiger partial charge in [0.15, 0.2) is 0 Å². The molecule has 1 heterocycles. The van der Waals surface area contributed by atoms with E-state index in [1.165, 1.54) is 18.2 Å². The normalized spacial score (nSPS) is 10.9. The van der Waals surface area contributed by atoms with Crippen LogP contribution in [0.4, 0.5) is 11.4 Å². The fourth-order valence-corrected chi connectivity index (χ4v) is 2.68. The average molecular weight is 372 g/mol. The molecule has 0 unspecified atom stereocenters. The lowest BCUT2D eigenvalue weighted by atomic mass is 10.1. The number of anilines is 1. The summed E-state index contributed by atoms with van der Waals surface area (Å²) >= 11 is 0. The maximum absolute atomic E-state index is 12.5. The molecule has 138 valence electrons. The Morgan fingerprint density at radius 3 is 2.50 bits per heavy atom. The number of nitriles is 1. The van der Waals surface area contributed by atoms with Crippen LogP contribution in [0.2, 0.25) is 0 Å². The van der Waals surface area contributed by atoms with Crippen molar-refractivity contribution in [1.29, 1.82) is 5.26 Å². The summed E-state index contributed by atoms with van der Waals surface area (Å²) in [6, 6.07) is 18.8. The largest absolute Gasteiger partial charge is 0.321 e. The number of nitro groups is 1. The first-order valence-electron chi connectivity index (χ1n) is 8.40. The van der Waals surface area contributed by atoms with Crippen LogP contribution in [0.1, 0.15) is 11.3 Å². The number of nitrogens with one attached hydrogen (secondary N) is 1. The number of carbonyl (C=O) groups is 1. The van der Waals surface area contributed by atoms with E-state index in [4.69, 9.17) is 0 Å². The highest BCUT2D eigenvalue weighted by atomic mass is 16.6. The van der Waals surface area contributed by atoms with Gasteiger partial charge in [0.2, 0.25) is 0 Å². The minimum Gasteiger partial charge on any atom is -0.321 e. The van der Waals surface area contributed by atoms with Gasteiger partial charge in [0, 0.05) is 35.4 Å². The van der Waals surface area contributed by atoms with Crippen molar-refractivity contribution in [2.24, 2.45) is 0 Å². The number of hydrogen-bond acceptors (Lipinski definition) is 4. The van der Waals surface area contributed by atoms with Gasteiger partial charge in [-0.15, -0.1) is 0 Å². The number of amides is 1. The zero-order chi connectivity index (χ0) is 20.1. The molecule has 0 bridgehead atoms. The van der Waals surface area contributed by atoms with E-state index >= 15 is 0 Å². The van der Waals surface area contributed by atoms with Crippen molar-refractivity contribution in [3.8, 4) is 11.8 Å². The molecular formula is C21H16N4O3. The van der Waals surface area contributed by atoms with E-state index in [1.807, 2.05) is 25.1 Å². The molecule has 2 aromatic carbocycles. The van der Waals surface area contributed by atoms with Gasteiger partial charge in [-0.2, -0.15) is 5.26 Å². The first-order valence-corrected chi connectivity index (χ1v) is 8.40. The van der Waals surface area contributed by atoms with Crippen LogP contribution in [-0.4, -0.2) is 15.4 Å². The zero-order valence-electron chi connectivity index (χ0n) is 15.0. The number of hydrogen-bond donors (Lipinski definition) is 1. The van der Waals surface area contributed by atoms with E-state index in [2.05, 4.69) is 5.32 Å². The lowest BCUT2D eigenvalue weighted by molar-refractivity contribution is -0.384. The van der Waals surface area contributed by atoms with Crippen molar-refractivity contribution in [2.75, 3.05) is 5.32 Å². The number of aryl methyl sites for hydroxylation is 1. The highest BCUT2D eigenvalue weighted by molar-refractivity contribution is 6.09. The molecule has 3 rings (SSSR count). The summed E-state index contributed by atoms with van der Waals surface area (Å²) in [5.41, 5.74) is 2.75. The second-order valence-electron chi connectivity index (χ2n) is 6.02. The Kier molecular flexibility index (Phi) is 5.33. The molecule has 0 atom stereocenters. The Bertz CT molecular complexity index is 1110. The first kappa shape index (κ1) is 18.6. The highest BCUT2D eigenvalue weighted by Crippen LogP contribution is 2.20. The molecular weight excluding hydrogens is 356 g/mol. The summed E-state index contributed by atoms with van der Waals surface area (Å²) in [6.07, 6.45) is 3.23. The van der Waals surface area contributed by atoms with Gasteiger partial charge < -0.3 is 9.88 Å². The molecule has 7 heteroatoms. The molecule has 0 fully saturated rings. The van der Waals surface area contributed by atoms with Crippen LogP contribution in [0, 0.1) is 28.4 Å². The Hall–Kier alpha value is -4.18. The molecule has 0 aliphatic heterocycles. The van der Waals surface area contributed by atoms with Gasteiger partial charge in [0.25, 0.3) is 11.6 Å². The quantitative estimate of drug-likeness (QED) is 0.313. The molecule has 0 aliphatic rings. The van der Waals surface area contributed by atoms with Gasteiger partial charge in [-0.05, 0) is 48.9 Å². The molecule has 28 heavy (non-hydrogen) atoms. The number of carbonyl (C=O) groups excluding carboxylic acids is 1. The van der Waals surface area contributed by atoms with Crippen LogP contribution in [0.25, 0.3) is 11.8 Å². The van der Waals surface area contributed by atoms with Gasteiger partial charge in [-0.25, -0.2) is 0 Å². The number of aromatic nitrogens is 1. The molecule has 0 aliphatic carbocycles. The lowest BCUT2D eigenvalue weighted by Gasteiger charge is -2.09. The van der Waals surface area contributed by atoms with Gasteiger partial charge in [-0.3, -0.25) is 14.9 Å². The van der Waals surface area contributed by atoms with E-state index in [9.17, 15) is 20.2 Å². The van der Waals surface area contributed by atoms with Crippen LogP contribution in [0.3, 0.4) is 0 Å². The number of non-ortho nitro benzene ring substituents is 1. The number of rotatable bonds is 5. The summed E-state index contributed by atoms with van der Waals surface area (Å²) in [5, 5.41) is 23.0. The molecule has 0 radical (unpaired) electrons. The Morgan fingerprint density at radius 2 is 1.86 bits per heavy atom. The van der Waals surface area contributed by atoms with E-state index in [0.29, 0.717) is 17.1 Å². The number of para-hydroxylation sites is 1. The van der Waals surface area contributed by atoms with Crippen LogP contribution >= 0.6 is 0 Å². The first-order chi connectivity index (χ1) is 13.5. The summed E-state index contributed by atoms with van der Waals surface area (Å²) in [4.78, 5) is 22.8. The number of benzene rings is 2. The van der Waals surface area contributed by atoms with Gasteiger partial charge >= 0.3 is 0 Å². The average Bonchev–Trinajstić information content (AvgIpc) is 3.16. The summed E-state index contributed by atoms with van der Waals surface area (Å²) in [7, 11) is 0. The maximum atomic E-state index is 12.5. The van der Waals surface area contributed by atoms with Gasteiger partial charge in [-0.1, -0.05) is 18.2 Å². The van der Waals surface area contributed by atoms with Crippen molar-refractivity contribution in [1.82, 2.24) is 4.57 Å². The van der Waals surface area contributed by atoms with Crippen molar-refractivity contribution >= 4 is 23.4 Å². The standard InChI is InChI=1S/C21H16N4O3/c1-15-5-2-3-7-20(15)23-21(26)16(14-22)13-19-6-4-12-24(19)17-8-10-18(11-9-17)25(27)28/h2-13H,1H3,(H,23,26)/b16-13+. The van der Waals surface area contributed by atoms with E-state index in [1.54, 1.807) is 47.2 Å². The fourth-order valence-electron chi connectivity index (χ4n) is 2.68. The van der Waals surface area contributed by atoms with Crippen molar-refractivity contribution in [3.63, 3.8) is 0 Å². The summed E-state index contributed by atoms with van der Waals surface area (Å²) in [6.45, 7) is 1.87.